The first-order chi connectivity index (χ1) is 6.33. The summed E-state index contributed by atoms with van der Waals surface area (Å²) < 4.78 is 5.11. The number of ether oxygens (including phenoxy) is 1. The van der Waals surface area contributed by atoms with Crippen LogP contribution in [0.1, 0.15) is 11.7 Å². The molecule has 2 rings (SSSR count). The molecule has 3 heteroatoms. The lowest BCUT2D eigenvalue weighted by molar-refractivity contribution is 0.205. The summed E-state index contributed by atoms with van der Waals surface area (Å²) in [6.45, 7) is 0. The number of benzene rings is 1. The largest absolute Gasteiger partial charge is 0.464 e. The second kappa shape index (κ2) is 3.03. The lowest BCUT2D eigenvalue weighted by atomic mass is 10.0. The summed E-state index contributed by atoms with van der Waals surface area (Å²) in [5.74, 6) is 0.578. The highest BCUT2D eigenvalue weighted by molar-refractivity contribution is 5.76. The van der Waals surface area contributed by atoms with Gasteiger partial charge in [-0.1, -0.05) is 18.2 Å². The molecule has 13 heavy (non-hydrogen) atoms. The van der Waals surface area contributed by atoms with Gasteiger partial charge in [0.2, 0.25) is 6.29 Å². The number of hydrogen-bond donors (Lipinski definition) is 1. The summed E-state index contributed by atoms with van der Waals surface area (Å²) in [6, 6.07) is 7.02. The van der Waals surface area contributed by atoms with Gasteiger partial charge in [0.25, 0.3) is 0 Å². The summed E-state index contributed by atoms with van der Waals surface area (Å²) >= 11 is 0. The first-order valence-electron chi connectivity index (χ1n) is 3.85. The van der Waals surface area contributed by atoms with E-state index < -0.39 is 6.10 Å². The van der Waals surface area contributed by atoms with Crippen molar-refractivity contribution in [3.05, 3.63) is 41.7 Å². The summed E-state index contributed by atoms with van der Waals surface area (Å²) in [6.07, 6.45) is 1.94. The Morgan fingerprint density at radius 3 is 2.92 bits per heavy atom. The first kappa shape index (κ1) is 8.01. The smallest absolute Gasteiger partial charge is 0.235 e. The van der Waals surface area contributed by atoms with Gasteiger partial charge in [-0.2, -0.15) is 0 Å². The minimum atomic E-state index is -0.914. The van der Waals surface area contributed by atoms with Crippen LogP contribution in [-0.2, 0) is 4.79 Å². The van der Waals surface area contributed by atoms with Crippen molar-refractivity contribution in [1.29, 1.82) is 0 Å². The molecule has 1 aliphatic rings. The van der Waals surface area contributed by atoms with Gasteiger partial charge >= 0.3 is 0 Å². The normalized spacial score (nSPS) is 19.8. The fraction of sp³-hybridized carbons (Fsp3) is 0.100. The average Bonchev–Trinajstić information content (AvgIpc) is 2.19. The molecule has 65 valence electrons. The van der Waals surface area contributed by atoms with Crippen molar-refractivity contribution >= 4 is 6.29 Å². The zero-order chi connectivity index (χ0) is 9.26. The maximum atomic E-state index is 10.3. The van der Waals surface area contributed by atoms with Crippen molar-refractivity contribution < 1.29 is 14.6 Å². The number of para-hydroxylation sites is 1. The molecule has 1 atom stereocenters. The second-order valence-corrected chi connectivity index (χ2v) is 2.73. The third-order valence-electron chi connectivity index (χ3n) is 1.94. The monoisotopic (exact) mass is 175 g/mol. The van der Waals surface area contributed by atoms with E-state index in [0.717, 1.165) is 0 Å². The summed E-state index contributed by atoms with van der Waals surface area (Å²) in [5.41, 5.74) is 0.724. The summed E-state index contributed by atoms with van der Waals surface area (Å²) in [5, 5.41) is 9.61. The molecule has 1 N–H and O–H groups in total. The van der Waals surface area contributed by atoms with Crippen LogP contribution < -0.4 is 4.74 Å². The number of rotatable bonds is 1. The van der Waals surface area contributed by atoms with Crippen molar-refractivity contribution in [2.45, 2.75) is 6.10 Å². The van der Waals surface area contributed by atoms with E-state index in [1.165, 1.54) is 6.26 Å². The van der Waals surface area contributed by atoms with E-state index in [-0.39, 0.29) is 5.57 Å². The zero-order valence-electron chi connectivity index (χ0n) is 6.73. The molecule has 1 aromatic carbocycles. The Bertz CT molecular complexity index is 368. The van der Waals surface area contributed by atoms with Gasteiger partial charge in [-0.15, -0.1) is 0 Å². The molecule has 0 saturated heterocycles. The van der Waals surface area contributed by atoms with Crippen LogP contribution in [0.4, 0.5) is 0 Å². The van der Waals surface area contributed by atoms with Gasteiger partial charge in [0.1, 0.15) is 18.1 Å². The molecule has 3 nitrogen and oxygen atoms in total. The Balaban J connectivity index is 2.46. The summed E-state index contributed by atoms with van der Waals surface area (Å²) in [4.78, 5) is 10.3. The van der Waals surface area contributed by atoms with Crippen LogP contribution in [0.2, 0.25) is 0 Å². The molecule has 1 radical (unpaired) electrons. The van der Waals surface area contributed by atoms with Gasteiger partial charge in [0.15, 0.2) is 0 Å². The molecular formula is C10H7O3. The van der Waals surface area contributed by atoms with Crippen LogP contribution >= 0.6 is 0 Å². The van der Waals surface area contributed by atoms with Crippen LogP contribution in [0.15, 0.2) is 36.1 Å². The highest BCUT2D eigenvalue weighted by Crippen LogP contribution is 2.32. The van der Waals surface area contributed by atoms with E-state index in [4.69, 9.17) is 4.74 Å². The maximum Gasteiger partial charge on any atom is 0.235 e. The van der Waals surface area contributed by atoms with E-state index in [2.05, 4.69) is 0 Å². The Labute approximate surface area is 75.3 Å². The molecule has 0 aliphatic carbocycles. The quantitative estimate of drug-likeness (QED) is 0.695. The molecule has 0 spiro atoms. The topological polar surface area (TPSA) is 46.5 Å². The van der Waals surface area contributed by atoms with Crippen molar-refractivity contribution in [1.82, 2.24) is 0 Å². The van der Waals surface area contributed by atoms with Gasteiger partial charge in [-0.05, 0) is 6.07 Å². The minimum Gasteiger partial charge on any atom is -0.464 e. The fourth-order valence-electron chi connectivity index (χ4n) is 1.25. The molecule has 1 heterocycles. The van der Waals surface area contributed by atoms with Gasteiger partial charge in [-0.25, -0.2) is 0 Å². The number of hydrogen-bond acceptors (Lipinski definition) is 3. The van der Waals surface area contributed by atoms with Crippen molar-refractivity contribution in [2.75, 3.05) is 0 Å². The zero-order valence-corrected chi connectivity index (χ0v) is 6.73. The van der Waals surface area contributed by atoms with Gasteiger partial charge in [0, 0.05) is 5.56 Å². The standard InChI is InChI=1S/C10H7O3/c11-5-7-6-13-9-4-2-1-3-8(9)10(7)12/h1-4,6,10,12H. The molecule has 0 bridgehead atoms. The van der Waals surface area contributed by atoms with Crippen LogP contribution in [-0.4, -0.2) is 11.4 Å². The molecule has 0 fully saturated rings. The molecule has 0 saturated carbocycles. The Morgan fingerprint density at radius 1 is 1.38 bits per heavy atom. The van der Waals surface area contributed by atoms with E-state index >= 15 is 0 Å². The van der Waals surface area contributed by atoms with E-state index in [0.29, 0.717) is 11.3 Å². The third kappa shape index (κ3) is 1.23. The number of carbonyl (C=O) groups excluding carboxylic acids is 1. The lowest BCUT2D eigenvalue weighted by Crippen LogP contribution is -2.10. The Morgan fingerprint density at radius 2 is 2.15 bits per heavy atom. The molecule has 0 aromatic heterocycles. The van der Waals surface area contributed by atoms with Crippen molar-refractivity contribution in [3.8, 4) is 5.75 Å². The highest BCUT2D eigenvalue weighted by Gasteiger charge is 2.22. The first-order valence-corrected chi connectivity index (χ1v) is 3.85. The number of aliphatic hydroxyl groups is 1. The van der Waals surface area contributed by atoms with E-state index in [1.807, 2.05) is 0 Å². The van der Waals surface area contributed by atoms with Crippen LogP contribution in [0.25, 0.3) is 0 Å². The van der Waals surface area contributed by atoms with Gasteiger partial charge in [0.05, 0.1) is 5.57 Å². The number of fused-ring (bicyclic) bond motifs is 1. The lowest BCUT2D eigenvalue weighted by Gasteiger charge is -2.18. The molecule has 0 amide bonds. The maximum absolute atomic E-state index is 10.3. The fourth-order valence-corrected chi connectivity index (χ4v) is 1.25. The Hall–Kier alpha value is -1.61. The number of aliphatic hydroxyl groups excluding tert-OH is 1. The third-order valence-corrected chi connectivity index (χ3v) is 1.94. The SMILES string of the molecule is O=[C]C1=COc2ccccc2C1O. The Kier molecular flexibility index (Phi) is 1.87. The molecule has 1 unspecified atom stereocenters. The van der Waals surface area contributed by atoms with E-state index in [9.17, 15) is 9.90 Å². The molecular weight excluding hydrogens is 168 g/mol. The van der Waals surface area contributed by atoms with Gasteiger partial charge < -0.3 is 9.84 Å². The van der Waals surface area contributed by atoms with Crippen LogP contribution in [0, 0.1) is 0 Å². The minimum absolute atomic E-state index is 0.124. The van der Waals surface area contributed by atoms with Crippen molar-refractivity contribution in [3.63, 3.8) is 0 Å². The second-order valence-electron chi connectivity index (χ2n) is 2.73. The van der Waals surface area contributed by atoms with Gasteiger partial charge in [-0.3, -0.25) is 4.79 Å². The summed E-state index contributed by atoms with van der Waals surface area (Å²) in [7, 11) is 0. The molecule has 1 aliphatic heterocycles. The van der Waals surface area contributed by atoms with Crippen molar-refractivity contribution in [2.24, 2.45) is 0 Å². The van der Waals surface area contributed by atoms with Crippen LogP contribution in [0.3, 0.4) is 0 Å². The van der Waals surface area contributed by atoms with E-state index in [1.54, 1.807) is 30.6 Å². The highest BCUT2D eigenvalue weighted by atomic mass is 16.5. The van der Waals surface area contributed by atoms with Crippen LogP contribution in [0.5, 0.6) is 5.75 Å². The predicted molar refractivity (Wildman–Crippen MR) is 45.8 cm³/mol. The average molecular weight is 175 g/mol. The predicted octanol–water partition coefficient (Wildman–Crippen LogP) is 1.11. The molecule has 1 aromatic rings.